The molecule has 0 fully saturated rings. The molecule has 0 amide bonds. The fraction of sp³-hybridized carbons (Fsp3) is 0.250. The zero-order chi connectivity index (χ0) is 12.3. The number of hydrogen-bond donors (Lipinski definition) is 1. The van der Waals surface area contributed by atoms with Crippen LogP contribution in [0.4, 0.5) is 11.4 Å². The minimum atomic E-state index is 0.810. The van der Waals surface area contributed by atoms with Gasteiger partial charge in [-0.05, 0) is 33.4 Å². The Balaban J connectivity index is 2.11. The zero-order valence-corrected chi connectivity index (χ0v) is 12.2. The third-order valence-electron chi connectivity index (χ3n) is 2.41. The Bertz CT molecular complexity index is 496. The lowest BCUT2D eigenvalue weighted by atomic mass is 10.3. The van der Waals surface area contributed by atoms with Crippen molar-refractivity contribution in [2.45, 2.75) is 6.54 Å². The standard InChI is InChI=1S/C12H14BrN3S/c1-16(2)11-3-5-14-7-10(11)15-8-12-9(13)4-6-17-12/h3-7,15H,8H2,1-2H3. The van der Waals surface area contributed by atoms with Crippen molar-refractivity contribution in [3.8, 4) is 0 Å². The highest BCUT2D eigenvalue weighted by Gasteiger charge is 2.05. The molecule has 0 saturated heterocycles. The van der Waals surface area contributed by atoms with Crippen LogP contribution in [0.2, 0.25) is 0 Å². The molecule has 2 heterocycles. The summed E-state index contributed by atoms with van der Waals surface area (Å²) in [5.74, 6) is 0. The second-order valence-corrected chi connectivity index (χ2v) is 5.69. The molecule has 2 aromatic heterocycles. The molecule has 0 unspecified atom stereocenters. The van der Waals surface area contributed by atoms with Gasteiger partial charge in [0.25, 0.3) is 0 Å². The van der Waals surface area contributed by atoms with Crippen molar-refractivity contribution in [2.24, 2.45) is 0 Å². The molecule has 17 heavy (non-hydrogen) atoms. The maximum atomic E-state index is 4.15. The van der Waals surface area contributed by atoms with Crippen molar-refractivity contribution >= 4 is 38.6 Å². The van der Waals surface area contributed by atoms with Gasteiger partial charge >= 0.3 is 0 Å². The monoisotopic (exact) mass is 311 g/mol. The van der Waals surface area contributed by atoms with E-state index in [1.54, 1.807) is 11.3 Å². The lowest BCUT2D eigenvalue weighted by molar-refractivity contribution is 1.09. The lowest BCUT2D eigenvalue weighted by Gasteiger charge is -2.17. The summed E-state index contributed by atoms with van der Waals surface area (Å²) < 4.78 is 1.16. The molecular formula is C12H14BrN3S. The van der Waals surface area contributed by atoms with Crippen molar-refractivity contribution in [1.82, 2.24) is 4.98 Å². The van der Waals surface area contributed by atoms with Gasteiger partial charge in [0.2, 0.25) is 0 Å². The van der Waals surface area contributed by atoms with Gasteiger partial charge in [-0.3, -0.25) is 4.98 Å². The summed E-state index contributed by atoms with van der Waals surface area (Å²) in [6.45, 7) is 0.810. The fourth-order valence-corrected chi connectivity index (χ4v) is 2.97. The number of nitrogens with zero attached hydrogens (tertiary/aromatic N) is 2. The average Bonchev–Trinajstić information content (AvgIpc) is 2.72. The van der Waals surface area contributed by atoms with Gasteiger partial charge in [0.05, 0.1) is 24.1 Å². The zero-order valence-electron chi connectivity index (χ0n) is 9.77. The number of aromatic nitrogens is 1. The van der Waals surface area contributed by atoms with Crippen LogP contribution in [-0.4, -0.2) is 19.1 Å². The number of rotatable bonds is 4. The van der Waals surface area contributed by atoms with Crippen molar-refractivity contribution in [3.05, 3.63) is 39.3 Å². The van der Waals surface area contributed by atoms with E-state index in [4.69, 9.17) is 0 Å². The maximum Gasteiger partial charge on any atom is 0.0767 e. The molecule has 0 radical (unpaired) electrons. The smallest absolute Gasteiger partial charge is 0.0767 e. The number of thiophene rings is 1. The SMILES string of the molecule is CN(C)c1ccncc1NCc1sccc1Br. The normalized spacial score (nSPS) is 10.3. The number of hydrogen-bond acceptors (Lipinski definition) is 4. The Labute approximate surface area is 114 Å². The largest absolute Gasteiger partial charge is 0.377 e. The first-order valence-corrected chi connectivity index (χ1v) is 6.93. The van der Waals surface area contributed by atoms with Crippen LogP contribution in [0.3, 0.4) is 0 Å². The van der Waals surface area contributed by atoms with Crippen molar-refractivity contribution in [2.75, 3.05) is 24.3 Å². The molecule has 0 atom stereocenters. The van der Waals surface area contributed by atoms with Crippen LogP contribution in [0.15, 0.2) is 34.4 Å². The molecule has 0 saturated carbocycles. The number of nitrogens with one attached hydrogen (secondary N) is 1. The number of halogens is 1. The number of pyridine rings is 1. The fourth-order valence-electron chi connectivity index (χ4n) is 1.54. The highest BCUT2D eigenvalue weighted by Crippen LogP contribution is 2.26. The Morgan fingerprint density at radius 2 is 2.24 bits per heavy atom. The molecule has 5 heteroatoms. The van der Waals surface area contributed by atoms with E-state index in [0.717, 1.165) is 22.4 Å². The van der Waals surface area contributed by atoms with Gasteiger partial charge in [-0.2, -0.15) is 0 Å². The van der Waals surface area contributed by atoms with Gasteiger partial charge in [0.15, 0.2) is 0 Å². The molecule has 0 bridgehead atoms. The van der Waals surface area contributed by atoms with Gasteiger partial charge in [-0.1, -0.05) is 0 Å². The van der Waals surface area contributed by atoms with Crippen LogP contribution in [0.25, 0.3) is 0 Å². The number of anilines is 2. The Morgan fingerprint density at radius 1 is 1.41 bits per heavy atom. The van der Waals surface area contributed by atoms with E-state index in [1.165, 1.54) is 4.88 Å². The van der Waals surface area contributed by atoms with Crippen LogP contribution in [-0.2, 0) is 6.54 Å². The molecule has 3 nitrogen and oxygen atoms in total. The minimum absolute atomic E-state index is 0.810. The highest BCUT2D eigenvalue weighted by atomic mass is 79.9. The highest BCUT2D eigenvalue weighted by molar-refractivity contribution is 9.10. The Hall–Kier alpha value is -1.07. The minimum Gasteiger partial charge on any atom is -0.377 e. The third kappa shape index (κ3) is 2.98. The van der Waals surface area contributed by atoms with Crippen molar-refractivity contribution < 1.29 is 0 Å². The predicted molar refractivity (Wildman–Crippen MR) is 77.9 cm³/mol. The summed E-state index contributed by atoms with van der Waals surface area (Å²) in [7, 11) is 4.06. The summed E-state index contributed by atoms with van der Waals surface area (Å²) in [6.07, 6.45) is 3.67. The van der Waals surface area contributed by atoms with Crippen LogP contribution >= 0.6 is 27.3 Å². The summed E-state index contributed by atoms with van der Waals surface area (Å²) in [5.41, 5.74) is 2.20. The van der Waals surface area contributed by atoms with Crippen LogP contribution in [0, 0.1) is 0 Å². The molecular weight excluding hydrogens is 298 g/mol. The molecule has 0 aromatic carbocycles. The van der Waals surface area contributed by atoms with Crippen LogP contribution in [0.1, 0.15) is 4.88 Å². The average molecular weight is 312 g/mol. The summed E-state index contributed by atoms with van der Waals surface area (Å²) in [5, 5.41) is 5.49. The van der Waals surface area contributed by atoms with Crippen LogP contribution < -0.4 is 10.2 Å². The quantitative estimate of drug-likeness (QED) is 0.935. The molecule has 0 aliphatic heterocycles. The van der Waals surface area contributed by atoms with Gasteiger partial charge < -0.3 is 10.2 Å². The van der Waals surface area contributed by atoms with Gasteiger partial charge in [0, 0.05) is 29.6 Å². The van der Waals surface area contributed by atoms with E-state index in [2.05, 4.69) is 42.6 Å². The molecule has 1 N–H and O–H groups in total. The van der Waals surface area contributed by atoms with Gasteiger partial charge in [-0.25, -0.2) is 0 Å². The predicted octanol–water partition coefficient (Wildman–Crippen LogP) is 3.58. The first kappa shape index (κ1) is 12.4. The topological polar surface area (TPSA) is 28.2 Å². The molecule has 0 aliphatic rings. The van der Waals surface area contributed by atoms with Crippen molar-refractivity contribution in [3.63, 3.8) is 0 Å². The second kappa shape index (κ2) is 5.51. The summed E-state index contributed by atoms with van der Waals surface area (Å²) >= 11 is 5.27. The molecule has 90 valence electrons. The van der Waals surface area contributed by atoms with Gasteiger partial charge in [0.1, 0.15) is 0 Å². The molecule has 2 rings (SSSR count). The summed E-state index contributed by atoms with van der Waals surface area (Å²) in [4.78, 5) is 7.52. The first-order chi connectivity index (χ1) is 8.18. The molecule has 0 spiro atoms. The summed E-state index contributed by atoms with van der Waals surface area (Å²) in [6, 6.07) is 4.07. The van der Waals surface area contributed by atoms with E-state index in [9.17, 15) is 0 Å². The van der Waals surface area contributed by atoms with E-state index in [-0.39, 0.29) is 0 Å². The maximum absolute atomic E-state index is 4.15. The third-order valence-corrected chi connectivity index (χ3v) is 4.34. The lowest BCUT2D eigenvalue weighted by Crippen LogP contribution is -2.12. The first-order valence-electron chi connectivity index (χ1n) is 5.25. The molecule has 2 aromatic rings. The van der Waals surface area contributed by atoms with E-state index in [0.29, 0.717) is 0 Å². The van der Waals surface area contributed by atoms with Crippen LogP contribution in [0.5, 0.6) is 0 Å². The Morgan fingerprint density at radius 3 is 2.88 bits per heavy atom. The van der Waals surface area contributed by atoms with Crippen molar-refractivity contribution in [1.29, 1.82) is 0 Å². The second-order valence-electron chi connectivity index (χ2n) is 3.83. The Kier molecular flexibility index (Phi) is 4.02. The van der Waals surface area contributed by atoms with E-state index >= 15 is 0 Å². The van der Waals surface area contributed by atoms with Gasteiger partial charge in [-0.15, -0.1) is 11.3 Å². The van der Waals surface area contributed by atoms with E-state index in [1.807, 2.05) is 32.6 Å². The van der Waals surface area contributed by atoms with E-state index < -0.39 is 0 Å². The molecule has 0 aliphatic carbocycles.